The van der Waals surface area contributed by atoms with E-state index in [1.807, 2.05) is 6.92 Å². The van der Waals surface area contributed by atoms with Crippen molar-refractivity contribution in [2.24, 2.45) is 0 Å². The molecule has 0 saturated heterocycles. The summed E-state index contributed by atoms with van der Waals surface area (Å²) in [5, 5.41) is 0.291. The third kappa shape index (κ3) is 4.49. The van der Waals surface area contributed by atoms with E-state index in [0.717, 1.165) is 5.56 Å². The molecule has 19 heavy (non-hydrogen) atoms. The molecule has 1 rings (SSSR count). The zero-order valence-corrected chi connectivity index (χ0v) is 12.5. The molecule has 0 heterocycles. The maximum atomic E-state index is 12.5. The second-order valence-corrected chi connectivity index (χ2v) is 6.72. The first-order valence-electron chi connectivity index (χ1n) is 5.89. The van der Waals surface area contributed by atoms with Crippen LogP contribution in [0.1, 0.15) is 12.0 Å². The van der Waals surface area contributed by atoms with Gasteiger partial charge in [-0.2, -0.15) is 4.31 Å². The van der Waals surface area contributed by atoms with Crippen LogP contribution in [0.15, 0.2) is 53.4 Å². The average Bonchev–Trinajstić information content (AvgIpc) is 2.34. The highest BCUT2D eigenvalue weighted by atomic mass is 35.5. The Morgan fingerprint density at radius 1 is 1.37 bits per heavy atom. The van der Waals surface area contributed by atoms with Crippen LogP contribution in [0.5, 0.6) is 0 Å². The van der Waals surface area contributed by atoms with E-state index in [-0.39, 0.29) is 11.4 Å². The van der Waals surface area contributed by atoms with Gasteiger partial charge in [-0.1, -0.05) is 42.0 Å². The standard InChI is InChI=1S/C14H18ClNO2S/c1-4-5-10-16(11-13(3)15)19(17,18)14-8-6-12(2)7-9-14/h4,6-9H,1,3,5,10-11H2,2H3. The van der Waals surface area contributed by atoms with Crippen LogP contribution < -0.4 is 0 Å². The van der Waals surface area contributed by atoms with Gasteiger partial charge in [-0.15, -0.1) is 6.58 Å². The molecule has 104 valence electrons. The van der Waals surface area contributed by atoms with Crippen molar-refractivity contribution in [2.75, 3.05) is 13.1 Å². The van der Waals surface area contributed by atoms with Gasteiger partial charge in [0.15, 0.2) is 0 Å². The summed E-state index contributed by atoms with van der Waals surface area (Å²) in [5.74, 6) is 0. The van der Waals surface area contributed by atoms with Gasteiger partial charge in [0.1, 0.15) is 0 Å². The molecule has 0 aliphatic heterocycles. The van der Waals surface area contributed by atoms with Gasteiger partial charge in [-0.3, -0.25) is 0 Å². The van der Waals surface area contributed by atoms with E-state index in [1.165, 1.54) is 4.31 Å². The Balaban J connectivity index is 3.07. The van der Waals surface area contributed by atoms with Gasteiger partial charge in [-0.05, 0) is 25.5 Å². The lowest BCUT2D eigenvalue weighted by Crippen LogP contribution is -2.33. The number of aryl methyl sites for hydroxylation is 1. The van der Waals surface area contributed by atoms with Gasteiger partial charge in [0.05, 0.1) is 4.90 Å². The van der Waals surface area contributed by atoms with Crippen molar-refractivity contribution in [1.82, 2.24) is 4.31 Å². The lowest BCUT2D eigenvalue weighted by molar-refractivity contribution is 0.446. The van der Waals surface area contributed by atoms with Crippen LogP contribution in [-0.2, 0) is 10.0 Å². The highest BCUT2D eigenvalue weighted by molar-refractivity contribution is 7.89. The SMILES string of the molecule is C=CCCN(CC(=C)Cl)S(=O)(=O)c1ccc(C)cc1. The number of hydrogen-bond donors (Lipinski definition) is 0. The Morgan fingerprint density at radius 3 is 2.42 bits per heavy atom. The summed E-state index contributed by atoms with van der Waals surface area (Å²) in [6.07, 6.45) is 2.24. The minimum Gasteiger partial charge on any atom is -0.207 e. The van der Waals surface area contributed by atoms with Crippen LogP contribution in [0.4, 0.5) is 0 Å². The molecular weight excluding hydrogens is 282 g/mol. The first kappa shape index (κ1) is 16.0. The fourth-order valence-electron chi connectivity index (χ4n) is 1.57. The Morgan fingerprint density at radius 2 is 1.95 bits per heavy atom. The summed E-state index contributed by atoms with van der Waals surface area (Å²) in [4.78, 5) is 0.264. The number of rotatable bonds is 7. The molecule has 0 spiro atoms. The smallest absolute Gasteiger partial charge is 0.207 e. The summed E-state index contributed by atoms with van der Waals surface area (Å²) in [5.41, 5.74) is 1.01. The minimum atomic E-state index is -3.54. The van der Waals surface area contributed by atoms with Gasteiger partial charge < -0.3 is 0 Å². The fourth-order valence-corrected chi connectivity index (χ4v) is 3.24. The van der Waals surface area contributed by atoms with E-state index in [0.29, 0.717) is 18.0 Å². The molecule has 0 N–H and O–H groups in total. The lowest BCUT2D eigenvalue weighted by atomic mass is 10.2. The highest BCUT2D eigenvalue weighted by Gasteiger charge is 2.23. The molecule has 0 fully saturated rings. The number of benzene rings is 1. The fraction of sp³-hybridized carbons (Fsp3) is 0.286. The van der Waals surface area contributed by atoms with E-state index in [1.54, 1.807) is 30.3 Å². The first-order valence-corrected chi connectivity index (χ1v) is 7.70. The maximum Gasteiger partial charge on any atom is 0.243 e. The summed E-state index contributed by atoms with van der Waals surface area (Å²) < 4.78 is 26.3. The van der Waals surface area contributed by atoms with Crippen molar-refractivity contribution in [3.8, 4) is 0 Å². The zero-order chi connectivity index (χ0) is 14.5. The molecule has 3 nitrogen and oxygen atoms in total. The van der Waals surface area contributed by atoms with Gasteiger partial charge in [0.2, 0.25) is 10.0 Å². The zero-order valence-electron chi connectivity index (χ0n) is 11.0. The molecule has 0 aromatic heterocycles. The van der Waals surface area contributed by atoms with Gasteiger partial charge in [0.25, 0.3) is 0 Å². The van der Waals surface area contributed by atoms with Gasteiger partial charge in [0, 0.05) is 18.1 Å². The highest BCUT2D eigenvalue weighted by Crippen LogP contribution is 2.18. The second kappa shape index (κ2) is 6.89. The number of sulfonamides is 1. The molecule has 0 aliphatic rings. The van der Waals surface area contributed by atoms with E-state index < -0.39 is 10.0 Å². The third-order valence-corrected chi connectivity index (χ3v) is 4.57. The van der Waals surface area contributed by atoms with Crippen LogP contribution >= 0.6 is 11.6 Å². The molecule has 0 amide bonds. The van der Waals surface area contributed by atoms with E-state index in [2.05, 4.69) is 13.2 Å². The predicted octanol–water partition coefficient (Wildman–Crippen LogP) is 3.31. The molecule has 0 bridgehead atoms. The Kier molecular flexibility index (Phi) is 5.79. The quantitative estimate of drug-likeness (QED) is 0.724. The summed E-state index contributed by atoms with van der Waals surface area (Å²) in [6, 6.07) is 6.74. The largest absolute Gasteiger partial charge is 0.243 e. The Bertz CT molecular complexity index is 549. The van der Waals surface area contributed by atoms with Crippen molar-refractivity contribution >= 4 is 21.6 Å². The van der Waals surface area contributed by atoms with Crippen molar-refractivity contribution in [3.05, 3.63) is 54.1 Å². The van der Waals surface area contributed by atoms with E-state index >= 15 is 0 Å². The van der Waals surface area contributed by atoms with Crippen molar-refractivity contribution in [3.63, 3.8) is 0 Å². The molecule has 0 saturated carbocycles. The monoisotopic (exact) mass is 299 g/mol. The minimum absolute atomic E-state index is 0.103. The number of hydrogen-bond acceptors (Lipinski definition) is 2. The third-order valence-electron chi connectivity index (χ3n) is 2.59. The van der Waals surface area contributed by atoms with Gasteiger partial charge in [-0.25, -0.2) is 8.42 Å². The average molecular weight is 300 g/mol. The molecular formula is C14H18ClNO2S. The number of halogens is 1. The normalized spacial score (nSPS) is 11.5. The van der Waals surface area contributed by atoms with Gasteiger partial charge >= 0.3 is 0 Å². The van der Waals surface area contributed by atoms with E-state index in [9.17, 15) is 8.42 Å². The molecule has 0 radical (unpaired) electrons. The molecule has 1 aromatic rings. The van der Waals surface area contributed by atoms with Crippen LogP contribution in [0.3, 0.4) is 0 Å². The van der Waals surface area contributed by atoms with Crippen LogP contribution in [-0.4, -0.2) is 25.8 Å². The number of nitrogens with zero attached hydrogens (tertiary/aromatic N) is 1. The lowest BCUT2D eigenvalue weighted by Gasteiger charge is -2.21. The maximum absolute atomic E-state index is 12.5. The Labute approximate surface area is 120 Å². The van der Waals surface area contributed by atoms with Crippen molar-refractivity contribution < 1.29 is 8.42 Å². The molecule has 1 aromatic carbocycles. The Hall–Kier alpha value is -1.10. The van der Waals surface area contributed by atoms with Crippen LogP contribution in [0, 0.1) is 6.92 Å². The summed E-state index contributed by atoms with van der Waals surface area (Å²) in [6.45, 7) is 9.51. The summed E-state index contributed by atoms with van der Waals surface area (Å²) in [7, 11) is -3.54. The predicted molar refractivity (Wildman–Crippen MR) is 79.7 cm³/mol. The second-order valence-electron chi connectivity index (χ2n) is 4.25. The van der Waals surface area contributed by atoms with Crippen LogP contribution in [0.25, 0.3) is 0 Å². The molecule has 0 aliphatic carbocycles. The van der Waals surface area contributed by atoms with E-state index in [4.69, 9.17) is 11.6 Å². The topological polar surface area (TPSA) is 37.4 Å². The first-order chi connectivity index (χ1) is 8.87. The molecule has 0 atom stereocenters. The summed E-state index contributed by atoms with van der Waals surface area (Å²) >= 11 is 5.74. The van der Waals surface area contributed by atoms with Crippen LogP contribution in [0.2, 0.25) is 0 Å². The molecule has 5 heteroatoms. The van der Waals surface area contributed by atoms with Crippen molar-refractivity contribution in [1.29, 1.82) is 0 Å². The van der Waals surface area contributed by atoms with Crippen molar-refractivity contribution in [2.45, 2.75) is 18.2 Å². The molecule has 0 unspecified atom stereocenters.